The quantitative estimate of drug-likeness (QED) is 0.417. The van der Waals surface area contributed by atoms with Gasteiger partial charge in [0.05, 0.1) is 18.8 Å². The standard InChI is InChI=1S/C10H21NO2.C10H20O2.C7H8N2O3.CH4O/c1-6-7-8-11(5)9(12)13-10(2,3)4;1-10(2,3)8-12-9-6-4-5-7-11-9;1-4-8-6(3-11)5(2-10)7(12)9-4;1-2/h6-8H2,1-5H3;9H,4-8H2,1-3H3;3,10H,2H2,1H3,(H,8,9,12);2H,1H3. The Balaban J connectivity index is 0. The van der Waals surface area contributed by atoms with Gasteiger partial charge in [0.1, 0.15) is 17.1 Å². The fourth-order valence-electron chi connectivity index (χ4n) is 2.89. The molecule has 1 aromatic heterocycles. The molecule has 0 aliphatic carbocycles. The molecule has 2 heterocycles. The second-order valence-corrected chi connectivity index (χ2v) is 11.2. The molecule has 0 aromatic carbocycles. The topological polar surface area (TPSA) is 151 Å². The van der Waals surface area contributed by atoms with Gasteiger partial charge in [-0.3, -0.25) is 9.59 Å². The van der Waals surface area contributed by atoms with E-state index in [0.717, 1.165) is 46.1 Å². The van der Waals surface area contributed by atoms with Crippen LogP contribution in [-0.2, 0) is 20.8 Å². The smallest absolute Gasteiger partial charge is 0.410 e. The van der Waals surface area contributed by atoms with E-state index in [2.05, 4.69) is 37.7 Å². The molecular formula is C28H53N3O8. The number of hydrogen-bond donors (Lipinski definition) is 3. The number of carbonyl (C=O) groups excluding carboxylic acids is 2. The van der Waals surface area contributed by atoms with Gasteiger partial charge < -0.3 is 34.3 Å². The second kappa shape index (κ2) is 20.5. The number of unbranched alkanes of at least 4 members (excludes halogenated alkanes) is 1. The lowest BCUT2D eigenvalue weighted by atomic mass is 9.99. The molecule has 11 heteroatoms. The van der Waals surface area contributed by atoms with Crippen LogP contribution in [0.1, 0.15) is 102 Å². The summed E-state index contributed by atoms with van der Waals surface area (Å²) in [5.41, 5.74) is -0.598. The summed E-state index contributed by atoms with van der Waals surface area (Å²) in [4.78, 5) is 40.5. The monoisotopic (exact) mass is 559 g/mol. The van der Waals surface area contributed by atoms with Gasteiger partial charge in [-0.15, -0.1) is 0 Å². The number of nitrogens with one attached hydrogen (secondary N) is 1. The number of H-pyrrole nitrogens is 1. The van der Waals surface area contributed by atoms with Crippen LogP contribution >= 0.6 is 0 Å². The number of aryl methyl sites for hydroxylation is 1. The van der Waals surface area contributed by atoms with Crippen LogP contribution in [0.2, 0.25) is 0 Å². The fraction of sp³-hybridized carbons (Fsp3) is 0.786. The first-order valence-electron chi connectivity index (χ1n) is 13.4. The van der Waals surface area contributed by atoms with Crippen molar-refractivity contribution in [1.82, 2.24) is 14.9 Å². The lowest BCUT2D eigenvalue weighted by Gasteiger charge is -2.26. The maximum absolute atomic E-state index is 11.4. The van der Waals surface area contributed by atoms with E-state index in [0.29, 0.717) is 12.1 Å². The zero-order valence-corrected chi connectivity index (χ0v) is 25.8. The molecule has 11 nitrogen and oxygen atoms in total. The van der Waals surface area contributed by atoms with Crippen molar-refractivity contribution in [2.24, 2.45) is 5.41 Å². The Morgan fingerprint density at radius 1 is 1.21 bits per heavy atom. The van der Waals surface area contributed by atoms with Gasteiger partial charge in [-0.1, -0.05) is 34.1 Å². The highest BCUT2D eigenvalue weighted by atomic mass is 16.7. The number of aromatic nitrogens is 2. The molecule has 1 aromatic rings. The van der Waals surface area contributed by atoms with Gasteiger partial charge in [0, 0.05) is 27.3 Å². The molecule has 0 spiro atoms. The predicted octanol–water partition coefficient (Wildman–Crippen LogP) is 4.22. The highest BCUT2D eigenvalue weighted by Crippen LogP contribution is 2.19. The number of hydrogen-bond acceptors (Lipinski definition) is 9. The third-order valence-corrected chi connectivity index (χ3v) is 4.83. The average molecular weight is 560 g/mol. The van der Waals surface area contributed by atoms with Crippen LogP contribution in [0.25, 0.3) is 0 Å². The van der Waals surface area contributed by atoms with Gasteiger partial charge in [0.15, 0.2) is 12.6 Å². The minimum absolute atomic E-state index is 0.00116. The zero-order chi connectivity index (χ0) is 30.6. The lowest BCUT2D eigenvalue weighted by molar-refractivity contribution is -0.174. The van der Waals surface area contributed by atoms with Crippen molar-refractivity contribution in [1.29, 1.82) is 0 Å². The van der Waals surface area contributed by atoms with Crippen LogP contribution in [0.15, 0.2) is 4.79 Å². The molecule has 39 heavy (non-hydrogen) atoms. The van der Waals surface area contributed by atoms with Gasteiger partial charge in [-0.2, -0.15) is 0 Å². The van der Waals surface area contributed by atoms with E-state index in [1.165, 1.54) is 12.8 Å². The van der Waals surface area contributed by atoms with Crippen molar-refractivity contribution in [3.05, 3.63) is 27.4 Å². The summed E-state index contributed by atoms with van der Waals surface area (Å²) < 4.78 is 16.3. The first-order valence-corrected chi connectivity index (χ1v) is 13.4. The van der Waals surface area contributed by atoms with Crippen LogP contribution in [0.3, 0.4) is 0 Å². The molecule has 1 atom stereocenters. The molecule has 1 unspecified atom stereocenters. The van der Waals surface area contributed by atoms with Crippen molar-refractivity contribution in [3.63, 3.8) is 0 Å². The van der Waals surface area contributed by atoms with E-state index in [-0.39, 0.29) is 29.1 Å². The number of amides is 1. The fourth-order valence-corrected chi connectivity index (χ4v) is 2.89. The van der Waals surface area contributed by atoms with Gasteiger partial charge in [0.25, 0.3) is 5.56 Å². The van der Waals surface area contributed by atoms with Crippen LogP contribution in [-0.4, -0.2) is 83.3 Å². The van der Waals surface area contributed by atoms with Crippen LogP contribution < -0.4 is 5.56 Å². The molecule has 0 saturated carbocycles. The van der Waals surface area contributed by atoms with E-state index < -0.39 is 17.8 Å². The summed E-state index contributed by atoms with van der Waals surface area (Å²) >= 11 is 0. The summed E-state index contributed by atoms with van der Waals surface area (Å²) in [6.07, 6.45) is 5.90. The van der Waals surface area contributed by atoms with Crippen molar-refractivity contribution in [2.45, 2.75) is 106 Å². The first kappa shape index (κ1) is 38.8. The van der Waals surface area contributed by atoms with E-state index in [1.54, 1.807) is 18.9 Å². The summed E-state index contributed by atoms with van der Waals surface area (Å²) in [7, 11) is 2.77. The lowest BCUT2D eigenvalue weighted by Crippen LogP contribution is -2.34. The third kappa shape index (κ3) is 20.3. The SMILES string of the molecule is CC(C)(C)COC1CCCCO1.CCCCN(C)C(=O)OC(C)(C)C.CO.Cc1nc(C=O)c(CO)c(=O)[nH]1. The molecule has 2 rings (SSSR count). The normalized spacial score (nSPS) is 14.8. The first-order chi connectivity index (χ1) is 18.1. The predicted molar refractivity (Wildman–Crippen MR) is 152 cm³/mol. The largest absolute Gasteiger partial charge is 0.444 e. The highest BCUT2D eigenvalue weighted by Gasteiger charge is 2.19. The minimum atomic E-state index is -0.476. The molecule has 0 bridgehead atoms. The Bertz CT molecular complexity index is 854. The molecule has 1 aliphatic rings. The van der Waals surface area contributed by atoms with E-state index in [4.69, 9.17) is 24.4 Å². The van der Waals surface area contributed by atoms with Crippen LogP contribution in [0.4, 0.5) is 4.79 Å². The molecule has 1 saturated heterocycles. The number of nitrogens with zero attached hydrogens (tertiary/aromatic N) is 2. The van der Waals surface area contributed by atoms with Crippen molar-refractivity contribution in [2.75, 3.05) is 33.9 Å². The second-order valence-electron chi connectivity index (χ2n) is 11.2. The Kier molecular flexibility index (Phi) is 20.4. The summed E-state index contributed by atoms with van der Waals surface area (Å²) in [5, 5.41) is 15.7. The number of aldehydes is 1. The van der Waals surface area contributed by atoms with Gasteiger partial charge >= 0.3 is 6.09 Å². The molecule has 1 fully saturated rings. The molecule has 3 N–H and O–H groups in total. The Morgan fingerprint density at radius 2 is 1.82 bits per heavy atom. The minimum Gasteiger partial charge on any atom is -0.444 e. The number of rotatable bonds is 7. The number of aromatic amines is 1. The molecule has 0 radical (unpaired) electrons. The number of aliphatic hydroxyl groups excluding tert-OH is 2. The number of aliphatic hydroxyl groups is 2. The van der Waals surface area contributed by atoms with Gasteiger partial charge in [-0.05, 0) is 58.8 Å². The highest BCUT2D eigenvalue weighted by molar-refractivity contribution is 5.73. The van der Waals surface area contributed by atoms with Crippen molar-refractivity contribution < 1.29 is 34.0 Å². The van der Waals surface area contributed by atoms with E-state index in [9.17, 15) is 14.4 Å². The van der Waals surface area contributed by atoms with Crippen molar-refractivity contribution in [3.8, 4) is 0 Å². The number of carbonyl (C=O) groups is 2. The van der Waals surface area contributed by atoms with E-state index >= 15 is 0 Å². The van der Waals surface area contributed by atoms with E-state index in [1.807, 2.05) is 20.8 Å². The van der Waals surface area contributed by atoms with Crippen LogP contribution in [0.5, 0.6) is 0 Å². The molecular weight excluding hydrogens is 506 g/mol. The summed E-state index contributed by atoms with van der Waals surface area (Å²) in [5.74, 6) is 0.360. The van der Waals surface area contributed by atoms with Gasteiger partial charge in [0.2, 0.25) is 0 Å². The van der Waals surface area contributed by atoms with Gasteiger partial charge in [-0.25, -0.2) is 9.78 Å². The van der Waals surface area contributed by atoms with Crippen LogP contribution in [0, 0.1) is 12.3 Å². The van der Waals surface area contributed by atoms with Crippen molar-refractivity contribution >= 4 is 12.4 Å². The zero-order valence-electron chi connectivity index (χ0n) is 25.8. The maximum atomic E-state index is 11.4. The summed E-state index contributed by atoms with van der Waals surface area (Å²) in [6, 6.07) is 0. The molecule has 1 amide bonds. The molecule has 228 valence electrons. The third-order valence-electron chi connectivity index (χ3n) is 4.83. The Hall–Kier alpha value is -2.34. The average Bonchev–Trinajstić information content (AvgIpc) is 2.86. The summed E-state index contributed by atoms with van der Waals surface area (Å²) in [6.45, 7) is 17.8. The Labute approximate surface area is 234 Å². The molecule has 1 aliphatic heterocycles. The number of ether oxygens (including phenoxy) is 3. The Morgan fingerprint density at radius 3 is 2.26 bits per heavy atom. The maximum Gasteiger partial charge on any atom is 0.410 e.